The van der Waals surface area contributed by atoms with Crippen molar-refractivity contribution in [2.45, 2.75) is 45.8 Å². The maximum absolute atomic E-state index is 11.4. The molecule has 0 saturated heterocycles. The first-order valence-electron chi connectivity index (χ1n) is 5.10. The topological polar surface area (TPSA) is 61.4 Å². The second kappa shape index (κ2) is 5.98. The van der Waals surface area contributed by atoms with E-state index in [2.05, 4.69) is 10.6 Å². The zero-order chi connectivity index (χ0) is 11.2. The van der Waals surface area contributed by atoms with Gasteiger partial charge in [-0.1, -0.05) is 6.92 Å². The van der Waals surface area contributed by atoms with Crippen LogP contribution in [0.15, 0.2) is 0 Å². The van der Waals surface area contributed by atoms with Gasteiger partial charge < -0.3 is 15.7 Å². The Bertz CT molecular complexity index is 179. The van der Waals surface area contributed by atoms with Gasteiger partial charge in [0.25, 0.3) is 0 Å². The van der Waals surface area contributed by atoms with Crippen LogP contribution in [-0.4, -0.2) is 35.7 Å². The fourth-order valence-corrected chi connectivity index (χ4v) is 0.905. The molecule has 84 valence electrons. The van der Waals surface area contributed by atoms with E-state index in [1.54, 1.807) is 6.92 Å². The molecule has 0 aliphatic heterocycles. The second-order valence-corrected chi connectivity index (χ2v) is 4.05. The molecule has 0 aliphatic carbocycles. The van der Waals surface area contributed by atoms with Crippen LogP contribution in [0.25, 0.3) is 0 Å². The summed E-state index contributed by atoms with van der Waals surface area (Å²) < 4.78 is 0. The van der Waals surface area contributed by atoms with Crippen molar-refractivity contribution >= 4 is 5.91 Å². The van der Waals surface area contributed by atoms with Crippen molar-refractivity contribution < 1.29 is 9.90 Å². The Morgan fingerprint density at radius 1 is 1.50 bits per heavy atom. The van der Waals surface area contributed by atoms with Crippen molar-refractivity contribution in [3.05, 3.63) is 0 Å². The van der Waals surface area contributed by atoms with Gasteiger partial charge in [-0.05, 0) is 27.3 Å². The lowest BCUT2D eigenvalue weighted by Crippen LogP contribution is -2.51. The molecule has 4 heteroatoms. The Morgan fingerprint density at radius 2 is 2.07 bits per heavy atom. The molecular formula is C10H22N2O2. The van der Waals surface area contributed by atoms with Crippen LogP contribution in [0.2, 0.25) is 0 Å². The molecule has 1 unspecified atom stereocenters. The van der Waals surface area contributed by atoms with Crippen LogP contribution in [0.5, 0.6) is 0 Å². The zero-order valence-corrected chi connectivity index (χ0v) is 9.55. The number of carbonyl (C=O) groups is 1. The lowest BCUT2D eigenvalue weighted by atomic mass is 9.98. The summed E-state index contributed by atoms with van der Waals surface area (Å²) in [6, 6.07) is 0. The first kappa shape index (κ1) is 13.4. The SMILES string of the molecule is CCNCCC(=O)NC(C)(C)C(C)O. The Hall–Kier alpha value is -0.610. The Labute approximate surface area is 86.1 Å². The predicted octanol–water partition coefficient (Wildman–Crippen LogP) is 0.262. The summed E-state index contributed by atoms with van der Waals surface area (Å²) in [6.07, 6.45) is -0.102. The molecule has 0 radical (unpaired) electrons. The highest BCUT2D eigenvalue weighted by Crippen LogP contribution is 2.08. The van der Waals surface area contributed by atoms with E-state index in [1.165, 1.54) is 0 Å². The quantitative estimate of drug-likeness (QED) is 0.541. The van der Waals surface area contributed by atoms with Gasteiger partial charge in [0.1, 0.15) is 0 Å². The van der Waals surface area contributed by atoms with Crippen molar-refractivity contribution in [2.75, 3.05) is 13.1 Å². The Morgan fingerprint density at radius 3 is 2.50 bits per heavy atom. The Kier molecular flexibility index (Phi) is 5.72. The summed E-state index contributed by atoms with van der Waals surface area (Å²) in [5, 5.41) is 15.2. The summed E-state index contributed by atoms with van der Waals surface area (Å²) >= 11 is 0. The molecule has 0 heterocycles. The largest absolute Gasteiger partial charge is 0.391 e. The van der Waals surface area contributed by atoms with Crippen LogP contribution in [0.1, 0.15) is 34.1 Å². The highest BCUT2D eigenvalue weighted by atomic mass is 16.3. The van der Waals surface area contributed by atoms with Gasteiger partial charge in [-0.2, -0.15) is 0 Å². The minimum atomic E-state index is -0.552. The van der Waals surface area contributed by atoms with Crippen molar-refractivity contribution in [3.63, 3.8) is 0 Å². The summed E-state index contributed by atoms with van der Waals surface area (Å²) in [7, 11) is 0. The molecule has 14 heavy (non-hydrogen) atoms. The van der Waals surface area contributed by atoms with Crippen LogP contribution in [0.3, 0.4) is 0 Å². The molecule has 0 aromatic heterocycles. The van der Waals surface area contributed by atoms with Gasteiger partial charge in [-0.25, -0.2) is 0 Å². The van der Waals surface area contributed by atoms with Gasteiger partial charge in [0.05, 0.1) is 11.6 Å². The fourth-order valence-electron chi connectivity index (χ4n) is 0.905. The summed E-state index contributed by atoms with van der Waals surface area (Å²) in [5.41, 5.74) is -0.552. The highest BCUT2D eigenvalue weighted by molar-refractivity contribution is 5.76. The van der Waals surface area contributed by atoms with E-state index in [0.29, 0.717) is 13.0 Å². The molecule has 1 amide bonds. The van der Waals surface area contributed by atoms with Gasteiger partial charge in [0, 0.05) is 13.0 Å². The summed E-state index contributed by atoms with van der Waals surface area (Å²) in [6.45, 7) is 8.83. The molecule has 0 aromatic rings. The molecular weight excluding hydrogens is 180 g/mol. The van der Waals surface area contributed by atoms with Crippen LogP contribution in [0.4, 0.5) is 0 Å². The molecule has 1 atom stereocenters. The van der Waals surface area contributed by atoms with Gasteiger partial charge in [0.2, 0.25) is 5.91 Å². The molecule has 0 aromatic carbocycles. The number of hydrogen-bond acceptors (Lipinski definition) is 3. The van der Waals surface area contributed by atoms with Crippen molar-refractivity contribution in [2.24, 2.45) is 0 Å². The molecule has 0 bridgehead atoms. The fraction of sp³-hybridized carbons (Fsp3) is 0.900. The van der Waals surface area contributed by atoms with Gasteiger partial charge in [0.15, 0.2) is 0 Å². The van der Waals surface area contributed by atoms with Crippen molar-refractivity contribution in [1.82, 2.24) is 10.6 Å². The van der Waals surface area contributed by atoms with Crippen LogP contribution < -0.4 is 10.6 Å². The van der Waals surface area contributed by atoms with E-state index in [-0.39, 0.29) is 5.91 Å². The van der Waals surface area contributed by atoms with E-state index in [4.69, 9.17) is 0 Å². The number of aliphatic hydroxyl groups excluding tert-OH is 1. The highest BCUT2D eigenvalue weighted by Gasteiger charge is 2.25. The first-order valence-corrected chi connectivity index (χ1v) is 5.10. The first-order chi connectivity index (χ1) is 6.40. The lowest BCUT2D eigenvalue weighted by Gasteiger charge is -2.29. The third kappa shape index (κ3) is 5.19. The number of nitrogens with one attached hydrogen (secondary N) is 2. The lowest BCUT2D eigenvalue weighted by molar-refractivity contribution is -0.123. The zero-order valence-electron chi connectivity index (χ0n) is 9.55. The second-order valence-electron chi connectivity index (χ2n) is 4.05. The monoisotopic (exact) mass is 202 g/mol. The van der Waals surface area contributed by atoms with E-state index < -0.39 is 11.6 Å². The van der Waals surface area contributed by atoms with Crippen molar-refractivity contribution in [3.8, 4) is 0 Å². The van der Waals surface area contributed by atoms with Gasteiger partial charge in [-0.3, -0.25) is 4.79 Å². The molecule has 4 nitrogen and oxygen atoms in total. The molecule has 0 aliphatic rings. The predicted molar refractivity (Wildman–Crippen MR) is 57.1 cm³/mol. The van der Waals surface area contributed by atoms with Gasteiger partial charge in [-0.15, -0.1) is 0 Å². The average molecular weight is 202 g/mol. The number of aliphatic hydroxyl groups is 1. The molecule has 0 saturated carbocycles. The van der Waals surface area contributed by atoms with Crippen LogP contribution in [0, 0.1) is 0 Å². The summed E-state index contributed by atoms with van der Waals surface area (Å²) in [5.74, 6) is -0.0307. The average Bonchev–Trinajstić information content (AvgIpc) is 2.03. The molecule has 0 fully saturated rings. The van der Waals surface area contributed by atoms with E-state index in [1.807, 2.05) is 20.8 Å². The standard InChI is InChI=1S/C10H22N2O2/c1-5-11-7-6-9(14)12-10(3,4)8(2)13/h8,11,13H,5-7H2,1-4H3,(H,12,14). The molecule has 0 rings (SSSR count). The maximum atomic E-state index is 11.4. The normalized spacial score (nSPS) is 13.8. The third-order valence-electron chi connectivity index (χ3n) is 2.28. The molecule has 3 N–H and O–H groups in total. The van der Waals surface area contributed by atoms with E-state index in [0.717, 1.165) is 6.54 Å². The third-order valence-corrected chi connectivity index (χ3v) is 2.28. The Balaban J connectivity index is 3.82. The number of amides is 1. The van der Waals surface area contributed by atoms with Crippen LogP contribution in [-0.2, 0) is 4.79 Å². The minimum Gasteiger partial charge on any atom is -0.391 e. The smallest absolute Gasteiger partial charge is 0.221 e. The van der Waals surface area contributed by atoms with E-state index in [9.17, 15) is 9.90 Å². The van der Waals surface area contributed by atoms with Gasteiger partial charge >= 0.3 is 0 Å². The maximum Gasteiger partial charge on any atom is 0.221 e. The molecule has 0 spiro atoms. The number of hydrogen-bond donors (Lipinski definition) is 3. The van der Waals surface area contributed by atoms with Crippen LogP contribution >= 0.6 is 0 Å². The summed E-state index contributed by atoms with van der Waals surface area (Å²) in [4.78, 5) is 11.4. The number of carbonyl (C=O) groups excluding carboxylic acids is 1. The van der Waals surface area contributed by atoms with Crippen molar-refractivity contribution in [1.29, 1.82) is 0 Å². The number of rotatable bonds is 6. The minimum absolute atomic E-state index is 0.0307. The van der Waals surface area contributed by atoms with E-state index >= 15 is 0 Å².